The number of benzene rings is 4. The molecule has 0 aromatic heterocycles. The molecule has 4 rings (SSSR count). The monoisotopic (exact) mass is 372 g/mol. The molecular weight excluding hydrogens is 356 g/mol. The first-order chi connectivity index (χ1) is 13.3. The maximum Gasteiger partial charge on any atom is 0.131 e. The molecule has 0 heterocycles. The van der Waals surface area contributed by atoms with E-state index in [1.165, 1.54) is 5.56 Å². The fourth-order valence-electron chi connectivity index (χ4n) is 2.72. The fraction of sp³-hybridized carbons (Fsp3) is 0. The number of halogens is 1. The van der Waals surface area contributed by atoms with Gasteiger partial charge in [-0.25, -0.2) is 0 Å². The van der Waals surface area contributed by atoms with Gasteiger partial charge in [0.15, 0.2) is 0 Å². The van der Waals surface area contributed by atoms with Crippen molar-refractivity contribution in [3.05, 3.63) is 108 Å². The number of hydrogen-bond donors (Lipinski definition) is 0. The normalized spacial score (nSPS) is 10.4. The quantitative estimate of drug-likeness (QED) is 0.359. The highest BCUT2D eigenvalue weighted by atomic mass is 35.5. The highest BCUT2D eigenvalue weighted by Gasteiger charge is 2.03. The lowest BCUT2D eigenvalue weighted by molar-refractivity contribution is 0.460. The highest BCUT2D eigenvalue weighted by Crippen LogP contribution is 2.30. The third kappa shape index (κ3) is 4.49. The predicted octanol–water partition coefficient (Wildman–Crippen LogP) is 7.59. The molecule has 0 fully saturated rings. The van der Waals surface area contributed by atoms with Crippen LogP contribution >= 0.6 is 11.6 Å². The van der Waals surface area contributed by atoms with Crippen LogP contribution < -0.4 is 9.47 Å². The third-order valence-electron chi connectivity index (χ3n) is 4.05. The molecule has 2 nitrogen and oxygen atoms in total. The van der Waals surface area contributed by atoms with Crippen molar-refractivity contribution in [3.8, 4) is 34.1 Å². The Balaban J connectivity index is 1.47. The van der Waals surface area contributed by atoms with E-state index in [1.807, 2.05) is 66.7 Å². The lowest BCUT2D eigenvalue weighted by Crippen LogP contribution is -1.87. The highest BCUT2D eigenvalue weighted by molar-refractivity contribution is 6.30. The van der Waals surface area contributed by atoms with E-state index in [0.717, 1.165) is 17.1 Å². The summed E-state index contributed by atoms with van der Waals surface area (Å²) in [5.74, 6) is 2.92. The van der Waals surface area contributed by atoms with Gasteiger partial charge in [0.25, 0.3) is 0 Å². The van der Waals surface area contributed by atoms with E-state index in [0.29, 0.717) is 16.5 Å². The minimum absolute atomic E-state index is 0.679. The van der Waals surface area contributed by atoms with Crippen LogP contribution in [0.4, 0.5) is 0 Å². The number of rotatable bonds is 5. The standard InChI is InChI=1S/C24H17ClO2/c25-20-11-15-22(16-12-20)27-24-8-4-7-23(17-24)26-21-13-9-19(10-14-21)18-5-2-1-3-6-18/h1-17H. The molecule has 4 aromatic carbocycles. The van der Waals surface area contributed by atoms with E-state index in [9.17, 15) is 0 Å². The molecule has 27 heavy (non-hydrogen) atoms. The molecule has 0 saturated carbocycles. The minimum Gasteiger partial charge on any atom is -0.457 e. The van der Waals surface area contributed by atoms with Crippen LogP contribution in [0.1, 0.15) is 0 Å². The molecule has 4 aromatic rings. The molecule has 0 aliphatic rings. The SMILES string of the molecule is Clc1ccc(Oc2cccc(Oc3ccc(-c4ccccc4)cc3)c2)cc1. The third-order valence-corrected chi connectivity index (χ3v) is 4.30. The zero-order chi connectivity index (χ0) is 18.5. The van der Waals surface area contributed by atoms with E-state index >= 15 is 0 Å². The van der Waals surface area contributed by atoms with E-state index < -0.39 is 0 Å². The summed E-state index contributed by atoms with van der Waals surface area (Å²) >= 11 is 5.90. The van der Waals surface area contributed by atoms with Crippen LogP contribution in [0.25, 0.3) is 11.1 Å². The van der Waals surface area contributed by atoms with Crippen LogP contribution in [-0.4, -0.2) is 0 Å². The summed E-state index contributed by atoms with van der Waals surface area (Å²) in [6, 6.07) is 33.1. The van der Waals surface area contributed by atoms with E-state index in [-0.39, 0.29) is 0 Å². The molecule has 0 aliphatic heterocycles. The summed E-state index contributed by atoms with van der Waals surface area (Å²) in [5, 5.41) is 0.679. The topological polar surface area (TPSA) is 18.5 Å². The van der Waals surface area contributed by atoms with Crippen molar-refractivity contribution in [2.45, 2.75) is 0 Å². The summed E-state index contributed by atoms with van der Waals surface area (Å²) in [5.41, 5.74) is 2.34. The van der Waals surface area contributed by atoms with Gasteiger partial charge in [0.05, 0.1) is 0 Å². The van der Waals surface area contributed by atoms with Gasteiger partial charge < -0.3 is 9.47 Å². The first-order valence-corrected chi connectivity index (χ1v) is 9.01. The van der Waals surface area contributed by atoms with E-state index in [4.69, 9.17) is 21.1 Å². The molecule has 0 spiro atoms. The van der Waals surface area contributed by atoms with Crippen molar-refractivity contribution >= 4 is 11.6 Å². The first kappa shape index (κ1) is 17.2. The molecule has 0 radical (unpaired) electrons. The second-order valence-corrected chi connectivity index (χ2v) is 6.46. The van der Waals surface area contributed by atoms with Crippen molar-refractivity contribution in [2.24, 2.45) is 0 Å². The number of hydrogen-bond acceptors (Lipinski definition) is 2. The first-order valence-electron chi connectivity index (χ1n) is 8.63. The summed E-state index contributed by atoms with van der Waals surface area (Å²) in [7, 11) is 0. The molecule has 0 N–H and O–H groups in total. The summed E-state index contributed by atoms with van der Waals surface area (Å²) in [6.07, 6.45) is 0. The maximum absolute atomic E-state index is 5.97. The number of ether oxygens (including phenoxy) is 2. The van der Waals surface area contributed by atoms with Crippen LogP contribution in [0.3, 0.4) is 0 Å². The molecule has 0 bridgehead atoms. The zero-order valence-electron chi connectivity index (χ0n) is 14.5. The van der Waals surface area contributed by atoms with Crippen LogP contribution in [0.5, 0.6) is 23.0 Å². The Bertz CT molecular complexity index is 1010. The van der Waals surface area contributed by atoms with Gasteiger partial charge in [-0.2, -0.15) is 0 Å². The van der Waals surface area contributed by atoms with Crippen molar-refractivity contribution in [1.29, 1.82) is 0 Å². The van der Waals surface area contributed by atoms with Gasteiger partial charge in [-0.3, -0.25) is 0 Å². The van der Waals surface area contributed by atoms with Gasteiger partial charge in [-0.05, 0) is 59.7 Å². The predicted molar refractivity (Wildman–Crippen MR) is 110 cm³/mol. The Morgan fingerprint density at radius 1 is 0.444 bits per heavy atom. The van der Waals surface area contributed by atoms with Crippen LogP contribution in [0.2, 0.25) is 5.02 Å². The van der Waals surface area contributed by atoms with Crippen molar-refractivity contribution < 1.29 is 9.47 Å². The second kappa shape index (κ2) is 7.98. The van der Waals surface area contributed by atoms with Crippen molar-refractivity contribution in [1.82, 2.24) is 0 Å². The average Bonchev–Trinajstić information content (AvgIpc) is 2.71. The molecule has 0 atom stereocenters. The Kier molecular flexibility index (Phi) is 5.08. The maximum atomic E-state index is 5.97. The Morgan fingerprint density at radius 3 is 1.56 bits per heavy atom. The lowest BCUT2D eigenvalue weighted by atomic mass is 10.1. The smallest absolute Gasteiger partial charge is 0.131 e. The van der Waals surface area contributed by atoms with Gasteiger partial charge >= 0.3 is 0 Å². The molecule has 0 amide bonds. The largest absolute Gasteiger partial charge is 0.457 e. The summed E-state index contributed by atoms with van der Waals surface area (Å²) in [6.45, 7) is 0. The average molecular weight is 373 g/mol. The van der Waals surface area contributed by atoms with Gasteiger partial charge in [0, 0.05) is 11.1 Å². The van der Waals surface area contributed by atoms with Gasteiger partial charge in [0.1, 0.15) is 23.0 Å². The fourth-order valence-corrected chi connectivity index (χ4v) is 2.85. The second-order valence-electron chi connectivity index (χ2n) is 6.02. The Morgan fingerprint density at radius 2 is 0.963 bits per heavy atom. The Hall–Kier alpha value is -3.23. The molecule has 0 unspecified atom stereocenters. The molecule has 0 saturated heterocycles. The van der Waals surface area contributed by atoms with Gasteiger partial charge in [0.2, 0.25) is 0 Å². The molecule has 0 aliphatic carbocycles. The van der Waals surface area contributed by atoms with Gasteiger partial charge in [-0.15, -0.1) is 0 Å². The van der Waals surface area contributed by atoms with E-state index in [2.05, 4.69) is 24.3 Å². The molecular formula is C24H17ClO2. The van der Waals surface area contributed by atoms with Crippen molar-refractivity contribution in [3.63, 3.8) is 0 Å². The van der Waals surface area contributed by atoms with Crippen LogP contribution in [0, 0.1) is 0 Å². The van der Waals surface area contributed by atoms with Crippen molar-refractivity contribution in [2.75, 3.05) is 0 Å². The van der Waals surface area contributed by atoms with Crippen LogP contribution in [-0.2, 0) is 0 Å². The minimum atomic E-state index is 0.679. The zero-order valence-corrected chi connectivity index (χ0v) is 15.3. The summed E-state index contributed by atoms with van der Waals surface area (Å²) in [4.78, 5) is 0. The summed E-state index contributed by atoms with van der Waals surface area (Å²) < 4.78 is 11.8. The van der Waals surface area contributed by atoms with E-state index in [1.54, 1.807) is 12.1 Å². The molecule has 3 heteroatoms. The van der Waals surface area contributed by atoms with Gasteiger partial charge in [-0.1, -0.05) is 60.1 Å². The molecule has 132 valence electrons. The van der Waals surface area contributed by atoms with Crippen LogP contribution in [0.15, 0.2) is 103 Å². The Labute approximate surface area is 163 Å². The lowest BCUT2D eigenvalue weighted by Gasteiger charge is -2.10.